The van der Waals surface area contributed by atoms with Crippen LogP contribution in [-0.4, -0.2) is 37.5 Å². The van der Waals surface area contributed by atoms with Gasteiger partial charge in [0.15, 0.2) is 0 Å². The molecule has 1 saturated heterocycles. The number of nitrogens with one attached hydrogen (secondary N) is 1. The van der Waals surface area contributed by atoms with Crippen molar-refractivity contribution >= 4 is 5.91 Å². The fourth-order valence-electron chi connectivity index (χ4n) is 4.02. The van der Waals surface area contributed by atoms with Gasteiger partial charge >= 0.3 is 0 Å². The first-order valence-corrected chi connectivity index (χ1v) is 8.14. The minimum atomic E-state index is -0.0621. The molecular formula is C16H30N2O. The van der Waals surface area contributed by atoms with Crippen LogP contribution < -0.4 is 5.32 Å². The normalized spacial score (nSPS) is 23.5. The molecule has 110 valence electrons. The second-order valence-electron chi connectivity index (χ2n) is 6.62. The second kappa shape index (κ2) is 6.74. The monoisotopic (exact) mass is 266 g/mol. The molecule has 1 aliphatic heterocycles. The Hall–Kier alpha value is -0.570. The third kappa shape index (κ3) is 3.50. The van der Waals surface area contributed by atoms with E-state index >= 15 is 0 Å². The van der Waals surface area contributed by atoms with E-state index in [0.717, 1.165) is 51.2 Å². The lowest BCUT2D eigenvalue weighted by Gasteiger charge is -2.39. The Bertz CT molecular complexity index is 286. The van der Waals surface area contributed by atoms with Gasteiger partial charge in [-0.25, -0.2) is 0 Å². The molecule has 0 spiro atoms. The lowest BCUT2D eigenvalue weighted by atomic mass is 9.74. The highest BCUT2D eigenvalue weighted by Crippen LogP contribution is 2.36. The number of amides is 1. The Morgan fingerprint density at radius 2 is 1.89 bits per heavy atom. The molecule has 1 N–H and O–H groups in total. The van der Waals surface area contributed by atoms with Crippen molar-refractivity contribution in [3.05, 3.63) is 0 Å². The van der Waals surface area contributed by atoms with Crippen molar-refractivity contribution in [1.29, 1.82) is 0 Å². The van der Waals surface area contributed by atoms with Gasteiger partial charge < -0.3 is 10.2 Å². The van der Waals surface area contributed by atoms with E-state index in [1.807, 2.05) is 7.05 Å². The highest BCUT2D eigenvalue weighted by Gasteiger charge is 2.40. The predicted octanol–water partition coefficient (Wildman–Crippen LogP) is 2.80. The smallest absolute Gasteiger partial charge is 0.228 e. The fourth-order valence-corrected chi connectivity index (χ4v) is 4.02. The summed E-state index contributed by atoms with van der Waals surface area (Å²) < 4.78 is 0. The van der Waals surface area contributed by atoms with Gasteiger partial charge in [0.25, 0.3) is 0 Å². The average Bonchev–Trinajstić information content (AvgIpc) is 2.92. The van der Waals surface area contributed by atoms with Crippen LogP contribution in [-0.2, 0) is 4.79 Å². The fraction of sp³-hybridized carbons (Fsp3) is 0.938. The van der Waals surface area contributed by atoms with E-state index in [2.05, 4.69) is 17.1 Å². The van der Waals surface area contributed by atoms with Crippen LogP contribution in [0.1, 0.15) is 58.3 Å². The SMILES string of the molecule is CCCC1(C(=O)N(C)CC2CCCC2)CCNCC1. The molecule has 0 aromatic carbocycles. The van der Waals surface area contributed by atoms with Crippen LogP contribution in [0.15, 0.2) is 0 Å². The molecule has 2 rings (SSSR count). The van der Waals surface area contributed by atoms with Gasteiger partial charge in [0.05, 0.1) is 5.41 Å². The quantitative estimate of drug-likeness (QED) is 0.830. The van der Waals surface area contributed by atoms with E-state index in [4.69, 9.17) is 0 Å². The van der Waals surface area contributed by atoms with E-state index in [0.29, 0.717) is 5.91 Å². The molecule has 0 radical (unpaired) electrons. The van der Waals surface area contributed by atoms with Crippen LogP contribution in [0.25, 0.3) is 0 Å². The molecule has 3 nitrogen and oxygen atoms in total. The van der Waals surface area contributed by atoms with Gasteiger partial charge in [0.1, 0.15) is 0 Å². The maximum atomic E-state index is 12.9. The third-order valence-corrected chi connectivity index (χ3v) is 5.10. The summed E-state index contributed by atoms with van der Waals surface area (Å²) >= 11 is 0. The van der Waals surface area contributed by atoms with Crippen LogP contribution in [0.3, 0.4) is 0 Å². The summed E-state index contributed by atoms with van der Waals surface area (Å²) in [6, 6.07) is 0. The molecule has 2 fully saturated rings. The molecule has 0 unspecified atom stereocenters. The molecule has 0 aromatic rings. The summed E-state index contributed by atoms with van der Waals surface area (Å²) in [4.78, 5) is 14.9. The van der Waals surface area contributed by atoms with Crippen molar-refractivity contribution in [2.75, 3.05) is 26.7 Å². The number of carbonyl (C=O) groups is 1. The summed E-state index contributed by atoms with van der Waals surface area (Å²) in [5.41, 5.74) is -0.0621. The number of rotatable bonds is 5. The first-order valence-electron chi connectivity index (χ1n) is 8.14. The first-order chi connectivity index (χ1) is 9.18. The molecule has 1 amide bonds. The summed E-state index contributed by atoms with van der Waals surface area (Å²) in [5.74, 6) is 1.18. The van der Waals surface area contributed by atoms with Gasteiger partial charge in [0.2, 0.25) is 5.91 Å². The van der Waals surface area contributed by atoms with Crippen LogP contribution in [0, 0.1) is 11.3 Å². The van der Waals surface area contributed by atoms with Crippen LogP contribution in [0.5, 0.6) is 0 Å². The van der Waals surface area contributed by atoms with Gasteiger partial charge in [-0.1, -0.05) is 26.2 Å². The Labute approximate surface area is 118 Å². The van der Waals surface area contributed by atoms with Gasteiger partial charge in [-0.15, -0.1) is 0 Å². The Morgan fingerprint density at radius 3 is 2.47 bits per heavy atom. The first kappa shape index (κ1) is 14.8. The molecule has 0 bridgehead atoms. The highest BCUT2D eigenvalue weighted by atomic mass is 16.2. The lowest BCUT2D eigenvalue weighted by molar-refractivity contribution is -0.143. The largest absolute Gasteiger partial charge is 0.345 e. The number of hydrogen-bond donors (Lipinski definition) is 1. The van der Waals surface area contributed by atoms with Crippen molar-refractivity contribution in [3.8, 4) is 0 Å². The summed E-state index contributed by atoms with van der Waals surface area (Å²) in [5, 5.41) is 3.39. The minimum Gasteiger partial charge on any atom is -0.345 e. The van der Waals surface area contributed by atoms with E-state index in [1.165, 1.54) is 25.7 Å². The van der Waals surface area contributed by atoms with Crippen LogP contribution >= 0.6 is 0 Å². The standard InChI is InChI=1S/C16H30N2O/c1-3-8-16(9-11-17-12-10-16)15(19)18(2)13-14-6-4-5-7-14/h14,17H,3-13H2,1-2H3. The molecule has 2 aliphatic rings. The van der Waals surface area contributed by atoms with Gasteiger partial charge in [-0.3, -0.25) is 4.79 Å². The molecule has 1 aliphatic carbocycles. The molecule has 3 heteroatoms. The van der Waals surface area contributed by atoms with Gasteiger partial charge in [0, 0.05) is 13.6 Å². The average molecular weight is 266 g/mol. The molecule has 0 aromatic heterocycles. The van der Waals surface area contributed by atoms with E-state index in [9.17, 15) is 4.79 Å². The van der Waals surface area contributed by atoms with E-state index in [-0.39, 0.29) is 5.41 Å². The summed E-state index contributed by atoms with van der Waals surface area (Å²) in [7, 11) is 2.03. The predicted molar refractivity (Wildman–Crippen MR) is 79.0 cm³/mol. The lowest BCUT2D eigenvalue weighted by Crippen LogP contribution is -2.49. The van der Waals surface area contributed by atoms with Gasteiger partial charge in [-0.05, 0) is 51.1 Å². The molecule has 0 atom stereocenters. The second-order valence-corrected chi connectivity index (χ2v) is 6.62. The molecule has 19 heavy (non-hydrogen) atoms. The van der Waals surface area contributed by atoms with Crippen molar-refractivity contribution in [2.45, 2.75) is 58.3 Å². The Balaban J connectivity index is 1.96. The van der Waals surface area contributed by atoms with Crippen molar-refractivity contribution < 1.29 is 4.79 Å². The highest BCUT2D eigenvalue weighted by molar-refractivity contribution is 5.82. The minimum absolute atomic E-state index is 0.0621. The number of hydrogen-bond acceptors (Lipinski definition) is 2. The van der Waals surface area contributed by atoms with E-state index in [1.54, 1.807) is 0 Å². The van der Waals surface area contributed by atoms with Crippen molar-refractivity contribution in [1.82, 2.24) is 10.2 Å². The number of nitrogens with zero attached hydrogens (tertiary/aromatic N) is 1. The van der Waals surface area contributed by atoms with Gasteiger partial charge in [-0.2, -0.15) is 0 Å². The van der Waals surface area contributed by atoms with Crippen LogP contribution in [0.4, 0.5) is 0 Å². The third-order valence-electron chi connectivity index (χ3n) is 5.10. The topological polar surface area (TPSA) is 32.3 Å². The van der Waals surface area contributed by atoms with Crippen molar-refractivity contribution in [3.63, 3.8) is 0 Å². The van der Waals surface area contributed by atoms with Crippen molar-refractivity contribution in [2.24, 2.45) is 11.3 Å². The Morgan fingerprint density at radius 1 is 1.26 bits per heavy atom. The zero-order valence-electron chi connectivity index (χ0n) is 12.7. The summed E-state index contributed by atoms with van der Waals surface area (Å²) in [6.07, 6.45) is 9.57. The zero-order chi connectivity index (χ0) is 13.7. The molecular weight excluding hydrogens is 236 g/mol. The van der Waals surface area contributed by atoms with Crippen LogP contribution in [0.2, 0.25) is 0 Å². The summed E-state index contributed by atoms with van der Waals surface area (Å²) in [6.45, 7) is 5.19. The van der Waals surface area contributed by atoms with E-state index < -0.39 is 0 Å². The maximum Gasteiger partial charge on any atom is 0.228 e. The zero-order valence-corrected chi connectivity index (χ0v) is 12.7. The number of piperidine rings is 1. The Kier molecular flexibility index (Phi) is 5.26. The molecule has 1 saturated carbocycles. The maximum absolute atomic E-state index is 12.9. The molecule has 1 heterocycles. The number of carbonyl (C=O) groups excluding carboxylic acids is 1.